The molecule has 3 heteroatoms. The van der Waals surface area contributed by atoms with Crippen molar-refractivity contribution in [3.05, 3.63) is 0 Å². The van der Waals surface area contributed by atoms with E-state index in [9.17, 15) is 0 Å². The van der Waals surface area contributed by atoms with Gasteiger partial charge in [-0.2, -0.15) is 0 Å². The van der Waals surface area contributed by atoms with E-state index in [1.807, 2.05) is 0 Å². The van der Waals surface area contributed by atoms with E-state index >= 15 is 0 Å². The minimum absolute atomic E-state index is 0.672. The largest absolute Gasteiger partial charge is 0.312 e. The van der Waals surface area contributed by atoms with Crippen molar-refractivity contribution in [1.82, 2.24) is 15.1 Å². The van der Waals surface area contributed by atoms with Gasteiger partial charge in [0.25, 0.3) is 0 Å². The van der Waals surface area contributed by atoms with Crippen LogP contribution in [0.3, 0.4) is 0 Å². The lowest BCUT2D eigenvalue weighted by Gasteiger charge is -2.45. The topological polar surface area (TPSA) is 18.5 Å². The van der Waals surface area contributed by atoms with Crippen LogP contribution in [0.1, 0.15) is 40.0 Å². The zero-order valence-corrected chi connectivity index (χ0v) is 13.9. The lowest BCUT2D eigenvalue weighted by Crippen LogP contribution is -2.56. The molecule has 0 aromatic rings. The van der Waals surface area contributed by atoms with Gasteiger partial charge in [0.1, 0.15) is 0 Å². The van der Waals surface area contributed by atoms with Gasteiger partial charge >= 0.3 is 0 Å². The quantitative estimate of drug-likeness (QED) is 0.765. The van der Waals surface area contributed by atoms with Crippen molar-refractivity contribution in [3.8, 4) is 0 Å². The average molecular weight is 269 g/mol. The number of nitrogens with zero attached hydrogens (tertiary/aromatic N) is 2. The first kappa shape index (κ1) is 16.9. The molecule has 0 saturated heterocycles. The summed E-state index contributed by atoms with van der Waals surface area (Å²) in [5.74, 6) is 1.66. The maximum Gasteiger partial charge on any atom is 0.0272 e. The van der Waals surface area contributed by atoms with Gasteiger partial charge in [-0.05, 0) is 58.8 Å². The fraction of sp³-hybridized carbons (Fsp3) is 1.00. The highest BCUT2D eigenvalue weighted by Crippen LogP contribution is 2.31. The van der Waals surface area contributed by atoms with E-state index in [0.717, 1.165) is 24.9 Å². The molecule has 0 spiro atoms. The van der Waals surface area contributed by atoms with Gasteiger partial charge in [-0.15, -0.1) is 0 Å². The fourth-order valence-electron chi connectivity index (χ4n) is 3.62. The number of hydrogen-bond acceptors (Lipinski definition) is 3. The van der Waals surface area contributed by atoms with E-state index in [4.69, 9.17) is 0 Å². The maximum atomic E-state index is 3.80. The first-order chi connectivity index (χ1) is 8.95. The van der Waals surface area contributed by atoms with Gasteiger partial charge in [0, 0.05) is 25.2 Å². The van der Waals surface area contributed by atoms with Gasteiger partial charge in [0.2, 0.25) is 0 Å². The summed E-state index contributed by atoms with van der Waals surface area (Å²) in [6.45, 7) is 10.6. The molecule has 0 heterocycles. The molecule has 1 aliphatic rings. The average Bonchev–Trinajstić information content (AvgIpc) is 2.32. The third-order valence-electron chi connectivity index (χ3n) is 4.49. The maximum absolute atomic E-state index is 3.80. The predicted molar refractivity (Wildman–Crippen MR) is 84.6 cm³/mol. The van der Waals surface area contributed by atoms with E-state index in [1.165, 1.54) is 25.8 Å². The van der Waals surface area contributed by atoms with Crippen LogP contribution in [0.5, 0.6) is 0 Å². The van der Waals surface area contributed by atoms with E-state index < -0.39 is 0 Å². The standard InChI is InChI=1S/C16H35N3/c1-7-8-17-15-12-13(2)11-14(3)16(15)19(6)10-9-18(4)5/h13-17H,7-12H2,1-6H3. The van der Waals surface area contributed by atoms with Gasteiger partial charge in [-0.1, -0.05) is 20.8 Å². The molecular weight excluding hydrogens is 234 g/mol. The Morgan fingerprint density at radius 3 is 2.32 bits per heavy atom. The molecule has 4 unspecified atom stereocenters. The van der Waals surface area contributed by atoms with Crippen LogP contribution in [0.4, 0.5) is 0 Å². The Morgan fingerprint density at radius 2 is 1.74 bits per heavy atom. The Kier molecular flexibility index (Phi) is 7.33. The highest BCUT2D eigenvalue weighted by atomic mass is 15.2. The second-order valence-electron chi connectivity index (χ2n) is 6.89. The molecule has 114 valence electrons. The van der Waals surface area contributed by atoms with Gasteiger partial charge in [-0.25, -0.2) is 0 Å². The summed E-state index contributed by atoms with van der Waals surface area (Å²) >= 11 is 0. The molecular formula is C16H35N3. The summed E-state index contributed by atoms with van der Waals surface area (Å²) in [6, 6.07) is 1.37. The molecule has 1 aliphatic carbocycles. The third kappa shape index (κ3) is 5.41. The van der Waals surface area contributed by atoms with Gasteiger partial charge < -0.3 is 15.1 Å². The van der Waals surface area contributed by atoms with Crippen molar-refractivity contribution >= 4 is 0 Å². The van der Waals surface area contributed by atoms with Crippen LogP contribution in [0.15, 0.2) is 0 Å². The van der Waals surface area contributed by atoms with Crippen LogP contribution < -0.4 is 5.32 Å². The zero-order chi connectivity index (χ0) is 14.4. The molecule has 4 atom stereocenters. The first-order valence-electron chi connectivity index (χ1n) is 8.04. The normalized spacial score (nSPS) is 32.2. The molecule has 1 fully saturated rings. The molecule has 0 aromatic carbocycles. The minimum Gasteiger partial charge on any atom is -0.312 e. The molecule has 3 nitrogen and oxygen atoms in total. The van der Waals surface area contributed by atoms with Gasteiger partial charge in [0.15, 0.2) is 0 Å². The van der Waals surface area contributed by atoms with Crippen molar-refractivity contribution in [3.63, 3.8) is 0 Å². The van der Waals surface area contributed by atoms with Crippen molar-refractivity contribution in [2.75, 3.05) is 40.8 Å². The molecule has 0 amide bonds. The van der Waals surface area contributed by atoms with E-state index in [-0.39, 0.29) is 0 Å². The summed E-state index contributed by atoms with van der Waals surface area (Å²) < 4.78 is 0. The van der Waals surface area contributed by atoms with E-state index in [1.54, 1.807) is 0 Å². The molecule has 1 saturated carbocycles. The Hall–Kier alpha value is -0.120. The van der Waals surface area contributed by atoms with Crippen LogP contribution in [0.25, 0.3) is 0 Å². The first-order valence-corrected chi connectivity index (χ1v) is 8.04. The molecule has 1 rings (SSSR count). The minimum atomic E-state index is 0.672. The van der Waals surface area contributed by atoms with Crippen molar-refractivity contribution in [1.29, 1.82) is 0 Å². The third-order valence-corrected chi connectivity index (χ3v) is 4.49. The van der Waals surface area contributed by atoms with E-state index in [2.05, 4.69) is 57.0 Å². The lowest BCUT2D eigenvalue weighted by molar-refractivity contribution is 0.0759. The second-order valence-corrected chi connectivity index (χ2v) is 6.89. The SMILES string of the molecule is CCCNC1CC(C)CC(C)C1N(C)CCN(C)C. The summed E-state index contributed by atoms with van der Waals surface area (Å²) in [7, 11) is 6.63. The molecule has 0 aliphatic heterocycles. The fourth-order valence-corrected chi connectivity index (χ4v) is 3.62. The molecule has 19 heavy (non-hydrogen) atoms. The summed E-state index contributed by atoms with van der Waals surface area (Å²) in [6.07, 6.45) is 3.94. The monoisotopic (exact) mass is 269 g/mol. The number of hydrogen-bond donors (Lipinski definition) is 1. The molecule has 0 aromatic heterocycles. The molecule has 0 radical (unpaired) electrons. The number of rotatable bonds is 7. The van der Waals surface area contributed by atoms with E-state index in [0.29, 0.717) is 12.1 Å². The Morgan fingerprint density at radius 1 is 1.05 bits per heavy atom. The molecule has 1 N–H and O–H groups in total. The van der Waals surface area contributed by atoms with Crippen LogP contribution in [0, 0.1) is 11.8 Å². The summed E-state index contributed by atoms with van der Waals surface area (Å²) in [5.41, 5.74) is 0. The number of nitrogens with one attached hydrogen (secondary N) is 1. The Bertz CT molecular complexity index is 242. The summed E-state index contributed by atoms with van der Waals surface area (Å²) in [4.78, 5) is 4.87. The van der Waals surface area contributed by atoms with Crippen LogP contribution in [-0.2, 0) is 0 Å². The van der Waals surface area contributed by atoms with Crippen LogP contribution >= 0.6 is 0 Å². The van der Waals surface area contributed by atoms with Crippen molar-refractivity contribution < 1.29 is 0 Å². The Balaban J connectivity index is 2.61. The van der Waals surface area contributed by atoms with Crippen molar-refractivity contribution in [2.45, 2.75) is 52.1 Å². The zero-order valence-electron chi connectivity index (χ0n) is 13.9. The second kappa shape index (κ2) is 8.23. The highest BCUT2D eigenvalue weighted by molar-refractivity contribution is 4.93. The van der Waals surface area contributed by atoms with Gasteiger partial charge in [-0.3, -0.25) is 0 Å². The van der Waals surface area contributed by atoms with Crippen LogP contribution in [-0.4, -0.2) is 62.7 Å². The lowest BCUT2D eigenvalue weighted by atomic mass is 9.76. The highest BCUT2D eigenvalue weighted by Gasteiger charge is 2.35. The van der Waals surface area contributed by atoms with Gasteiger partial charge in [0.05, 0.1) is 0 Å². The van der Waals surface area contributed by atoms with Crippen molar-refractivity contribution in [2.24, 2.45) is 11.8 Å². The Labute approximate surface area is 120 Å². The molecule has 0 bridgehead atoms. The predicted octanol–water partition coefficient (Wildman–Crippen LogP) is 2.28. The van der Waals surface area contributed by atoms with Crippen LogP contribution in [0.2, 0.25) is 0 Å². The summed E-state index contributed by atoms with van der Waals surface area (Å²) in [5, 5.41) is 3.80. The number of likely N-dealkylation sites (N-methyl/N-ethyl adjacent to an activating group) is 2. The smallest absolute Gasteiger partial charge is 0.0272 e.